The first-order chi connectivity index (χ1) is 8.94. The fourth-order valence-electron chi connectivity index (χ4n) is 1.35. The van der Waals surface area contributed by atoms with Crippen LogP contribution >= 0.6 is 0 Å². The van der Waals surface area contributed by atoms with Gasteiger partial charge in [0.2, 0.25) is 0 Å². The minimum Gasteiger partial charge on any atom is -0.492 e. The number of hydrogen-bond acceptors (Lipinski definition) is 5. The second-order valence-corrected chi connectivity index (χ2v) is 4.51. The summed E-state index contributed by atoms with van der Waals surface area (Å²) in [6.07, 6.45) is 0. The van der Waals surface area contributed by atoms with E-state index >= 15 is 0 Å². The molecule has 0 aliphatic carbocycles. The van der Waals surface area contributed by atoms with Gasteiger partial charge in [0, 0.05) is 13.1 Å². The monoisotopic (exact) mass is 269 g/mol. The molecular formula is C13H19NO5. The minimum atomic E-state index is -1.14. The molecule has 0 radical (unpaired) electrons. The van der Waals surface area contributed by atoms with Crippen LogP contribution < -0.4 is 10.1 Å². The van der Waals surface area contributed by atoms with Crippen LogP contribution in [0, 0.1) is 0 Å². The molecule has 0 aromatic heterocycles. The van der Waals surface area contributed by atoms with Gasteiger partial charge in [0.05, 0.1) is 17.8 Å². The third-order valence-corrected chi connectivity index (χ3v) is 2.50. The number of rotatable bonds is 8. The standard InChI is InChI=1S/C13H19NO5/c1-13(18,9-15)8-14-6-7-19-11-4-2-10(3-5-11)12(16)17/h2-5,14-15,18H,6-9H2,1H3,(H,16,17). The van der Waals surface area contributed by atoms with Crippen LogP contribution in [0.25, 0.3) is 0 Å². The molecule has 1 unspecified atom stereocenters. The number of aliphatic hydroxyl groups is 2. The van der Waals surface area contributed by atoms with Crippen molar-refractivity contribution in [3.05, 3.63) is 29.8 Å². The predicted octanol–water partition coefficient (Wildman–Crippen LogP) is 0.0965. The zero-order valence-electron chi connectivity index (χ0n) is 10.8. The summed E-state index contributed by atoms with van der Waals surface area (Å²) in [7, 11) is 0. The first-order valence-corrected chi connectivity index (χ1v) is 5.95. The van der Waals surface area contributed by atoms with Crippen molar-refractivity contribution in [3.8, 4) is 5.75 Å². The van der Waals surface area contributed by atoms with Gasteiger partial charge in [-0.05, 0) is 31.2 Å². The van der Waals surface area contributed by atoms with Gasteiger partial charge in [-0.1, -0.05) is 0 Å². The number of carbonyl (C=O) groups is 1. The van der Waals surface area contributed by atoms with Gasteiger partial charge in [-0.15, -0.1) is 0 Å². The van der Waals surface area contributed by atoms with Crippen LogP contribution in [0.15, 0.2) is 24.3 Å². The van der Waals surface area contributed by atoms with Crippen LogP contribution in [0.3, 0.4) is 0 Å². The lowest BCUT2D eigenvalue weighted by molar-refractivity contribution is 0.00244. The van der Waals surface area contributed by atoms with Gasteiger partial charge in [0.25, 0.3) is 0 Å². The van der Waals surface area contributed by atoms with E-state index in [0.29, 0.717) is 18.9 Å². The van der Waals surface area contributed by atoms with Gasteiger partial charge in [-0.2, -0.15) is 0 Å². The molecule has 0 saturated carbocycles. The molecule has 0 aliphatic rings. The molecule has 6 heteroatoms. The number of benzene rings is 1. The SMILES string of the molecule is CC(O)(CO)CNCCOc1ccc(C(=O)O)cc1. The van der Waals surface area contributed by atoms with Crippen LogP contribution in [0.2, 0.25) is 0 Å². The normalized spacial score (nSPS) is 13.8. The molecule has 0 heterocycles. The van der Waals surface area contributed by atoms with Crippen LogP contribution in [-0.2, 0) is 0 Å². The van der Waals surface area contributed by atoms with Gasteiger partial charge in [-0.3, -0.25) is 0 Å². The van der Waals surface area contributed by atoms with Crippen molar-refractivity contribution in [2.45, 2.75) is 12.5 Å². The number of carboxylic acid groups (broad SMARTS) is 1. The Labute approximate surface area is 111 Å². The van der Waals surface area contributed by atoms with Gasteiger partial charge < -0.3 is 25.4 Å². The van der Waals surface area contributed by atoms with Crippen molar-refractivity contribution in [1.29, 1.82) is 0 Å². The maximum absolute atomic E-state index is 10.6. The average molecular weight is 269 g/mol. The maximum Gasteiger partial charge on any atom is 0.335 e. The molecule has 0 saturated heterocycles. The summed E-state index contributed by atoms with van der Waals surface area (Å²) in [5.74, 6) is -0.389. The Bertz CT molecular complexity index is 402. The van der Waals surface area contributed by atoms with E-state index in [0.717, 1.165) is 0 Å². The molecule has 0 fully saturated rings. The highest BCUT2D eigenvalue weighted by molar-refractivity contribution is 5.87. The van der Waals surface area contributed by atoms with Crippen LogP contribution in [0.1, 0.15) is 17.3 Å². The van der Waals surface area contributed by atoms with Crippen molar-refractivity contribution in [2.75, 3.05) is 26.3 Å². The summed E-state index contributed by atoms with van der Waals surface area (Å²) >= 11 is 0. The van der Waals surface area contributed by atoms with Crippen molar-refractivity contribution in [3.63, 3.8) is 0 Å². The zero-order chi connectivity index (χ0) is 14.3. The summed E-state index contributed by atoms with van der Waals surface area (Å²) in [5, 5.41) is 30.0. The fourth-order valence-corrected chi connectivity index (χ4v) is 1.35. The largest absolute Gasteiger partial charge is 0.492 e. The van der Waals surface area contributed by atoms with E-state index < -0.39 is 11.6 Å². The summed E-state index contributed by atoms with van der Waals surface area (Å²) < 4.78 is 5.39. The van der Waals surface area contributed by atoms with Crippen molar-refractivity contribution in [2.24, 2.45) is 0 Å². The molecule has 106 valence electrons. The quantitative estimate of drug-likeness (QED) is 0.499. The topological polar surface area (TPSA) is 99.0 Å². The number of aromatic carboxylic acids is 1. The van der Waals surface area contributed by atoms with Gasteiger partial charge in [0.15, 0.2) is 0 Å². The Balaban J connectivity index is 2.24. The van der Waals surface area contributed by atoms with E-state index in [1.54, 1.807) is 12.1 Å². The third kappa shape index (κ3) is 5.69. The highest BCUT2D eigenvalue weighted by Crippen LogP contribution is 2.11. The second-order valence-electron chi connectivity index (χ2n) is 4.51. The number of carboxylic acids is 1. The number of aliphatic hydroxyl groups excluding tert-OH is 1. The van der Waals surface area contributed by atoms with E-state index in [1.807, 2.05) is 0 Å². The summed E-state index contributed by atoms with van der Waals surface area (Å²) in [6, 6.07) is 6.13. The summed E-state index contributed by atoms with van der Waals surface area (Å²) in [6.45, 7) is 2.39. The highest BCUT2D eigenvalue weighted by atomic mass is 16.5. The lowest BCUT2D eigenvalue weighted by Gasteiger charge is -2.20. The molecule has 1 rings (SSSR count). The number of hydrogen-bond donors (Lipinski definition) is 4. The second kappa shape index (κ2) is 7.08. The molecule has 6 nitrogen and oxygen atoms in total. The Morgan fingerprint density at radius 1 is 1.37 bits per heavy atom. The molecule has 19 heavy (non-hydrogen) atoms. The van der Waals surface area contributed by atoms with Crippen LogP contribution in [0.4, 0.5) is 0 Å². The Morgan fingerprint density at radius 2 is 2.00 bits per heavy atom. The van der Waals surface area contributed by atoms with Gasteiger partial charge >= 0.3 is 5.97 Å². The molecule has 0 bridgehead atoms. The van der Waals surface area contributed by atoms with Crippen molar-refractivity contribution < 1.29 is 24.9 Å². The fraction of sp³-hybridized carbons (Fsp3) is 0.462. The Morgan fingerprint density at radius 3 is 2.53 bits per heavy atom. The number of ether oxygens (including phenoxy) is 1. The predicted molar refractivity (Wildman–Crippen MR) is 69.5 cm³/mol. The first kappa shape index (κ1) is 15.4. The first-order valence-electron chi connectivity index (χ1n) is 5.95. The third-order valence-electron chi connectivity index (χ3n) is 2.50. The molecule has 1 aromatic rings. The molecule has 1 atom stereocenters. The van der Waals surface area contributed by atoms with Crippen LogP contribution in [-0.4, -0.2) is 53.2 Å². The van der Waals surface area contributed by atoms with Crippen molar-refractivity contribution in [1.82, 2.24) is 5.32 Å². The van der Waals surface area contributed by atoms with E-state index in [4.69, 9.17) is 14.9 Å². The molecule has 0 amide bonds. The van der Waals surface area contributed by atoms with E-state index in [-0.39, 0.29) is 18.7 Å². The number of nitrogens with one attached hydrogen (secondary N) is 1. The summed E-state index contributed by atoms with van der Waals surface area (Å²) in [5.41, 5.74) is -0.923. The van der Waals surface area contributed by atoms with E-state index in [2.05, 4.69) is 5.32 Å². The molecular weight excluding hydrogens is 250 g/mol. The van der Waals surface area contributed by atoms with Gasteiger partial charge in [-0.25, -0.2) is 4.79 Å². The lowest BCUT2D eigenvalue weighted by atomic mass is 10.1. The Kier molecular flexibility index (Phi) is 5.75. The molecule has 0 aliphatic heterocycles. The smallest absolute Gasteiger partial charge is 0.335 e. The van der Waals surface area contributed by atoms with E-state index in [9.17, 15) is 9.90 Å². The van der Waals surface area contributed by atoms with Crippen molar-refractivity contribution >= 4 is 5.97 Å². The maximum atomic E-state index is 10.6. The van der Waals surface area contributed by atoms with Crippen LogP contribution in [0.5, 0.6) is 5.75 Å². The molecule has 4 N–H and O–H groups in total. The average Bonchev–Trinajstić information content (AvgIpc) is 2.39. The molecule has 1 aromatic carbocycles. The van der Waals surface area contributed by atoms with E-state index in [1.165, 1.54) is 19.1 Å². The highest BCUT2D eigenvalue weighted by Gasteiger charge is 2.17. The zero-order valence-corrected chi connectivity index (χ0v) is 10.8. The molecule has 0 spiro atoms. The van der Waals surface area contributed by atoms with Gasteiger partial charge in [0.1, 0.15) is 12.4 Å². The summed E-state index contributed by atoms with van der Waals surface area (Å²) in [4.78, 5) is 10.6. The Hall–Kier alpha value is -1.63. The minimum absolute atomic E-state index is 0.212. The lowest BCUT2D eigenvalue weighted by Crippen LogP contribution is -2.42.